The van der Waals surface area contributed by atoms with Crippen molar-refractivity contribution in [2.45, 2.75) is 12.8 Å². The van der Waals surface area contributed by atoms with Gasteiger partial charge in [0, 0.05) is 19.2 Å². The molecule has 0 aliphatic rings. The Kier molecular flexibility index (Phi) is 4.09. The maximum Gasteiger partial charge on any atom is 0.224 e. The Bertz CT molecular complexity index is 782. The average molecular weight is 298 g/mol. The molecule has 0 unspecified atom stereocenters. The minimum Gasteiger partial charge on any atom is -0.355 e. The van der Waals surface area contributed by atoms with Crippen LogP contribution in [0, 0.1) is 5.82 Å². The third-order valence-electron chi connectivity index (χ3n) is 3.33. The number of carbonyl (C=O) groups is 1. The van der Waals surface area contributed by atoms with Gasteiger partial charge in [-0.1, -0.05) is 18.2 Å². The van der Waals surface area contributed by atoms with Crippen LogP contribution in [0.4, 0.5) is 4.39 Å². The summed E-state index contributed by atoms with van der Waals surface area (Å²) in [6.07, 6.45) is 2.73. The highest BCUT2D eigenvalue weighted by Gasteiger charge is 2.06. The number of carbonyl (C=O) groups excluding carboxylic acids is 1. The maximum atomic E-state index is 12.8. The molecule has 6 heteroatoms. The van der Waals surface area contributed by atoms with E-state index in [1.807, 2.05) is 28.8 Å². The molecule has 22 heavy (non-hydrogen) atoms. The van der Waals surface area contributed by atoms with Gasteiger partial charge < -0.3 is 5.32 Å². The van der Waals surface area contributed by atoms with Crippen LogP contribution in [0.3, 0.4) is 0 Å². The van der Waals surface area contributed by atoms with E-state index in [1.165, 1.54) is 12.1 Å². The Morgan fingerprint density at radius 3 is 2.77 bits per heavy atom. The van der Waals surface area contributed by atoms with Crippen LogP contribution in [0.1, 0.15) is 11.4 Å². The number of aromatic nitrogens is 3. The first-order valence-electron chi connectivity index (χ1n) is 7.02. The summed E-state index contributed by atoms with van der Waals surface area (Å²) in [7, 11) is 0. The van der Waals surface area contributed by atoms with Crippen molar-refractivity contribution in [1.82, 2.24) is 19.9 Å². The van der Waals surface area contributed by atoms with Crippen LogP contribution in [0.25, 0.3) is 5.65 Å². The largest absolute Gasteiger partial charge is 0.355 e. The minimum absolute atomic E-state index is 0.0968. The Balaban J connectivity index is 1.52. The molecular formula is C16H15FN4O. The van der Waals surface area contributed by atoms with Crippen LogP contribution in [0.15, 0.2) is 48.7 Å². The second-order valence-electron chi connectivity index (χ2n) is 4.95. The lowest BCUT2D eigenvalue weighted by molar-refractivity contribution is -0.120. The van der Waals surface area contributed by atoms with Crippen LogP contribution in [0.5, 0.6) is 0 Å². The predicted octanol–water partition coefficient (Wildman–Crippen LogP) is 1.77. The van der Waals surface area contributed by atoms with Gasteiger partial charge in [0.1, 0.15) is 11.6 Å². The molecule has 112 valence electrons. The fraction of sp³-hybridized carbons (Fsp3) is 0.188. The topological polar surface area (TPSA) is 59.3 Å². The Morgan fingerprint density at radius 1 is 1.14 bits per heavy atom. The fourth-order valence-electron chi connectivity index (χ4n) is 2.23. The third kappa shape index (κ3) is 3.28. The molecule has 0 saturated heterocycles. The van der Waals surface area contributed by atoms with Gasteiger partial charge in [0.15, 0.2) is 5.65 Å². The normalized spacial score (nSPS) is 10.8. The quantitative estimate of drug-likeness (QED) is 0.781. The van der Waals surface area contributed by atoms with E-state index in [-0.39, 0.29) is 18.1 Å². The highest BCUT2D eigenvalue weighted by atomic mass is 19.1. The molecule has 5 nitrogen and oxygen atoms in total. The number of hydrogen-bond donors (Lipinski definition) is 1. The van der Waals surface area contributed by atoms with Gasteiger partial charge >= 0.3 is 0 Å². The van der Waals surface area contributed by atoms with Crippen molar-refractivity contribution in [1.29, 1.82) is 0 Å². The maximum absolute atomic E-state index is 12.8. The van der Waals surface area contributed by atoms with Crippen LogP contribution in [-0.2, 0) is 17.6 Å². The SMILES string of the molecule is O=C(Cc1ccc(F)cc1)NCCc1nnc2ccccn12. The van der Waals surface area contributed by atoms with Crippen molar-refractivity contribution in [3.05, 3.63) is 65.9 Å². The summed E-state index contributed by atoms with van der Waals surface area (Å²) in [4.78, 5) is 11.8. The lowest BCUT2D eigenvalue weighted by Crippen LogP contribution is -2.27. The van der Waals surface area contributed by atoms with Crippen molar-refractivity contribution in [3.63, 3.8) is 0 Å². The van der Waals surface area contributed by atoms with Gasteiger partial charge in [-0.3, -0.25) is 9.20 Å². The number of rotatable bonds is 5. The average Bonchev–Trinajstić information content (AvgIpc) is 2.93. The molecule has 1 aromatic carbocycles. The standard InChI is InChI=1S/C16H15FN4O/c17-13-6-4-12(5-7-13)11-16(22)18-9-8-15-20-19-14-3-1-2-10-21(14)15/h1-7,10H,8-9,11H2,(H,18,22). The molecule has 0 saturated carbocycles. The molecule has 0 fully saturated rings. The predicted molar refractivity (Wildman–Crippen MR) is 79.8 cm³/mol. The molecule has 2 aromatic heterocycles. The summed E-state index contributed by atoms with van der Waals surface area (Å²) >= 11 is 0. The Labute approximate surface area is 126 Å². The van der Waals surface area contributed by atoms with Gasteiger partial charge in [0.2, 0.25) is 5.91 Å². The van der Waals surface area contributed by atoms with E-state index in [4.69, 9.17) is 0 Å². The summed E-state index contributed by atoms with van der Waals surface area (Å²) in [6.45, 7) is 0.482. The molecule has 1 amide bonds. The van der Waals surface area contributed by atoms with E-state index in [9.17, 15) is 9.18 Å². The number of benzene rings is 1. The molecule has 0 spiro atoms. The van der Waals surface area contributed by atoms with E-state index in [0.29, 0.717) is 13.0 Å². The zero-order valence-electron chi connectivity index (χ0n) is 11.9. The van der Waals surface area contributed by atoms with Crippen molar-refractivity contribution in [3.8, 4) is 0 Å². The number of fused-ring (bicyclic) bond motifs is 1. The second-order valence-corrected chi connectivity index (χ2v) is 4.95. The lowest BCUT2D eigenvalue weighted by Gasteiger charge is -2.05. The molecule has 0 aliphatic carbocycles. The molecule has 0 atom stereocenters. The zero-order valence-corrected chi connectivity index (χ0v) is 11.9. The van der Waals surface area contributed by atoms with E-state index in [0.717, 1.165) is 17.0 Å². The van der Waals surface area contributed by atoms with Crippen LogP contribution in [-0.4, -0.2) is 27.0 Å². The second kappa shape index (κ2) is 6.34. The van der Waals surface area contributed by atoms with Gasteiger partial charge in [-0.05, 0) is 29.8 Å². The van der Waals surface area contributed by atoms with Gasteiger partial charge in [0.05, 0.1) is 6.42 Å². The van der Waals surface area contributed by atoms with Gasteiger partial charge in [-0.25, -0.2) is 4.39 Å². The molecule has 0 aliphatic heterocycles. The number of amides is 1. The van der Waals surface area contributed by atoms with Crippen LogP contribution < -0.4 is 5.32 Å². The van der Waals surface area contributed by atoms with Gasteiger partial charge in [-0.2, -0.15) is 0 Å². The van der Waals surface area contributed by atoms with Crippen molar-refractivity contribution >= 4 is 11.6 Å². The van der Waals surface area contributed by atoms with E-state index in [2.05, 4.69) is 15.5 Å². The van der Waals surface area contributed by atoms with Crippen molar-refractivity contribution in [2.75, 3.05) is 6.54 Å². The molecule has 0 radical (unpaired) electrons. The Morgan fingerprint density at radius 2 is 1.95 bits per heavy atom. The number of nitrogens with zero attached hydrogens (tertiary/aromatic N) is 3. The smallest absolute Gasteiger partial charge is 0.224 e. The summed E-state index contributed by atoms with van der Waals surface area (Å²) in [6, 6.07) is 11.6. The zero-order chi connectivity index (χ0) is 15.4. The van der Waals surface area contributed by atoms with Crippen molar-refractivity contribution < 1.29 is 9.18 Å². The van der Waals surface area contributed by atoms with E-state index >= 15 is 0 Å². The molecule has 0 bridgehead atoms. The first kappa shape index (κ1) is 14.2. The Hall–Kier alpha value is -2.76. The van der Waals surface area contributed by atoms with Crippen molar-refractivity contribution in [2.24, 2.45) is 0 Å². The minimum atomic E-state index is -0.303. The molecular weight excluding hydrogens is 283 g/mol. The highest BCUT2D eigenvalue weighted by molar-refractivity contribution is 5.78. The van der Waals surface area contributed by atoms with E-state index in [1.54, 1.807) is 12.1 Å². The molecule has 2 heterocycles. The molecule has 3 aromatic rings. The summed E-state index contributed by atoms with van der Waals surface area (Å²) in [5.74, 6) is 0.404. The number of halogens is 1. The summed E-state index contributed by atoms with van der Waals surface area (Å²) < 4.78 is 14.7. The van der Waals surface area contributed by atoms with Crippen LogP contribution in [0.2, 0.25) is 0 Å². The number of nitrogens with one attached hydrogen (secondary N) is 1. The van der Waals surface area contributed by atoms with Gasteiger partial charge in [-0.15, -0.1) is 10.2 Å². The first-order valence-corrected chi connectivity index (χ1v) is 7.02. The summed E-state index contributed by atoms with van der Waals surface area (Å²) in [5, 5.41) is 11.0. The molecule has 1 N–H and O–H groups in total. The molecule has 3 rings (SSSR count). The van der Waals surface area contributed by atoms with Gasteiger partial charge in [0.25, 0.3) is 0 Å². The lowest BCUT2D eigenvalue weighted by atomic mass is 10.1. The number of pyridine rings is 1. The van der Waals surface area contributed by atoms with E-state index < -0.39 is 0 Å². The first-order chi connectivity index (χ1) is 10.7. The third-order valence-corrected chi connectivity index (χ3v) is 3.33. The number of hydrogen-bond acceptors (Lipinski definition) is 3. The summed E-state index contributed by atoms with van der Waals surface area (Å²) in [5.41, 5.74) is 1.57. The van der Waals surface area contributed by atoms with Crippen LogP contribution >= 0.6 is 0 Å². The highest BCUT2D eigenvalue weighted by Crippen LogP contribution is 2.04. The fourth-order valence-corrected chi connectivity index (χ4v) is 2.23. The monoisotopic (exact) mass is 298 g/mol.